The third-order valence-electron chi connectivity index (χ3n) is 2.74. The number of benzene rings is 1. The SMILES string of the molecule is CCc1nc2ccccc2n1CCC(C)=O. The third-order valence-corrected chi connectivity index (χ3v) is 2.74. The van der Waals surface area contributed by atoms with Crippen LogP contribution in [0.15, 0.2) is 24.3 Å². The monoisotopic (exact) mass is 216 g/mol. The molecule has 84 valence electrons. The fourth-order valence-corrected chi connectivity index (χ4v) is 1.91. The molecule has 0 spiro atoms. The summed E-state index contributed by atoms with van der Waals surface area (Å²) in [5.74, 6) is 1.28. The van der Waals surface area contributed by atoms with Gasteiger partial charge in [0.25, 0.3) is 0 Å². The number of nitrogens with zero attached hydrogens (tertiary/aromatic N) is 2. The summed E-state index contributed by atoms with van der Waals surface area (Å²) in [5.41, 5.74) is 2.14. The van der Waals surface area contributed by atoms with Gasteiger partial charge in [0.15, 0.2) is 0 Å². The van der Waals surface area contributed by atoms with Crippen LogP contribution in [-0.4, -0.2) is 15.3 Å². The van der Waals surface area contributed by atoms with Gasteiger partial charge in [-0.15, -0.1) is 0 Å². The van der Waals surface area contributed by atoms with Crippen LogP contribution in [0.1, 0.15) is 26.1 Å². The van der Waals surface area contributed by atoms with E-state index in [-0.39, 0.29) is 5.78 Å². The largest absolute Gasteiger partial charge is 0.328 e. The number of para-hydroxylation sites is 2. The van der Waals surface area contributed by atoms with Crippen molar-refractivity contribution in [3.63, 3.8) is 0 Å². The Hall–Kier alpha value is -1.64. The Balaban J connectivity index is 2.43. The number of carbonyl (C=O) groups excluding carboxylic acids is 1. The zero-order valence-electron chi connectivity index (χ0n) is 9.73. The highest BCUT2D eigenvalue weighted by Crippen LogP contribution is 2.16. The van der Waals surface area contributed by atoms with Gasteiger partial charge in [-0.05, 0) is 19.1 Å². The van der Waals surface area contributed by atoms with Gasteiger partial charge >= 0.3 is 0 Å². The zero-order valence-corrected chi connectivity index (χ0v) is 9.73. The molecule has 16 heavy (non-hydrogen) atoms. The van der Waals surface area contributed by atoms with Crippen LogP contribution >= 0.6 is 0 Å². The van der Waals surface area contributed by atoms with E-state index in [1.807, 2.05) is 18.2 Å². The van der Waals surface area contributed by atoms with Gasteiger partial charge in [0.2, 0.25) is 0 Å². The van der Waals surface area contributed by atoms with Crippen molar-refractivity contribution in [1.29, 1.82) is 0 Å². The van der Waals surface area contributed by atoms with E-state index in [0.717, 1.165) is 29.8 Å². The van der Waals surface area contributed by atoms with Gasteiger partial charge in [-0.1, -0.05) is 19.1 Å². The maximum Gasteiger partial charge on any atom is 0.131 e. The van der Waals surface area contributed by atoms with Crippen LogP contribution in [0.25, 0.3) is 11.0 Å². The fourth-order valence-electron chi connectivity index (χ4n) is 1.91. The minimum absolute atomic E-state index is 0.222. The van der Waals surface area contributed by atoms with Gasteiger partial charge in [-0.25, -0.2) is 4.98 Å². The molecule has 0 N–H and O–H groups in total. The number of hydrogen-bond acceptors (Lipinski definition) is 2. The summed E-state index contributed by atoms with van der Waals surface area (Å²) in [4.78, 5) is 15.6. The average molecular weight is 216 g/mol. The van der Waals surface area contributed by atoms with Gasteiger partial charge in [0.05, 0.1) is 11.0 Å². The van der Waals surface area contributed by atoms with Crippen molar-refractivity contribution >= 4 is 16.8 Å². The molecule has 3 nitrogen and oxygen atoms in total. The Labute approximate surface area is 95.1 Å². The molecule has 0 radical (unpaired) electrons. The van der Waals surface area contributed by atoms with E-state index < -0.39 is 0 Å². The number of carbonyl (C=O) groups is 1. The molecule has 1 aromatic heterocycles. The number of fused-ring (bicyclic) bond motifs is 1. The number of rotatable bonds is 4. The van der Waals surface area contributed by atoms with Crippen LogP contribution < -0.4 is 0 Å². The van der Waals surface area contributed by atoms with Gasteiger partial charge in [-0.2, -0.15) is 0 Å². The molecule has 0 saturated heterocycles. The summed E-state index contributed by atoms with van der Waals surface area (Å²) >= 11 is 0. The highest BCUT2D eigenvalue weighted by Gasteiger charge is 2.08. The highest BCUT2D eigenvalue weighted by molar-refractivity contribution is 5.77. The minimum Gasteiger partial charge on any atom is -0.328 e. The quantitative estimate of drug-likeness (QED) is 0.787. The predicted octanol–water partition coefficient (Wildman–Crippen LogP) is 2.58. The molecule has 0 saturated carbocycles. The molecule has 3 heteroatoms. The maximum absolute atomic E-state index is 11.0. The molecule has 0 aliphatic carbocycles. The van der Waals surface area contributed by atoms with Gasteiger partial charge in [-0.3, -0.25) is 4.79 Å². The smallest absolute Gasteiger partial charge is 0.131 e. The molecule has 0 unspecified atom stereocenters. The predicted molar refractivity (Wildman–Crippen MR) is 64.4 cm³/mol. The molecule has 0 amide bonds. The summed E-state index contributed by atoms with van der Waals surface area (Å²) in [7, 11) is 0. The Morgan fingerprint density at radius 2 is 2.12 bits per heavy atom. The molecular weight excluding hydrogens is 200 g/mol. The van der Waals surface area contributed by atoms with Crippen molar-refractivity contribution in [3.05, 3.63) is 30.1 Å². The van der Waals surface area contributed by atoms with E-state index >= 15 is 0 Å². The summed E-state index contributed by atoms with van der Waals surface area (Å²) in [6.07, 6.45) is 1.47. The third kappa shape index (κ3) is 1.98. The molecular formula is C13H16N2O. The molecule has 2 aromatic rings. The summed E-state index contributed by atoms with van der Waals surface area (Å²) in [5, 5.41) is 0. The normalized spacial score (nSPS) is 10.9. The van der Waals surface area contributed by atoms with Crippen LogP contribution in [0.2, 0.25) is 0 Å². The Morgan fingerprint density at radius 3 is 2.81 bits per heavy atom. The van der Waals surface area contributed by atoms with Gasteiger partial charge < -0.3 is 4.57 Å². The molecule has 0 aliphatic rings. The Morgan fingerprint density at radius 1 is 1.38 bits per heavy atom. The molecule has 0 fully saturated rings. The number of aryl methyl sites for hydroxylation is 2. The first-order valence-electron chi connectivity index (χ1n) is 5.66. The van der Waals surface area contributed by atoms with Crippen LogP contribution in [0.5, 0.6) is 0 Å². The summed E-state index contributed by atoms with van der Waals surface area (Å²) < 4.78 is 2.15. The van der Waals surface area contributed by atoms with Crippen LogP contribution in [-0.2, 0) is 17.8 Å². The van der Waals surface area contributed by atoms with Gasteiger partial charge in [0, 0.05) is 19.4 Å². The van der Waals surface area contributed by atoms with Crippen molar-refractivity contribution in [1.82, 2.24) is 9.55 Å². The number of imidazole rings is 1. The van der Waals surface area contributed by atoms with Crippen molar-refractivity contribution < 1.29 is 4.79 Å². The van der Waals surface area contributed by atoms with Crippen molar-refractivity contribution in [2.45, 2.75) is 33.2 Å². The number of hydrogen-bond donors (Lipinski definition) is 0. The lowest BCUT2D eigenvalue weighted by Crippen LogP contribution is -2.06. The van der Waals surface area contributed by atoms with Crippen LogP contribution in [0, 0.1) is 0 Å². The van der Waals surface area contributed by atoms with E-state index in [1.54, 1.807) is 6.92 Å². The van der Waals surface area contributed by atoms with Crippen molar-refractivity contribution in [3.8, 4) is 0 Å². The second-order valence-corrected chi connectivity index (χ2v) is 3.97. The van der Waals surface area contributed by atoms with Crippen molar-refractivity contribution in [2.24, 2.45) is 0 Å². The molecule has 0 atom stereocenters. The van der Waals surface area contributed by atoms with Crippen LogP contribution in [0.4, 0.5) is 0 Å². The van der Waals surface area contributed by atoms with E-state index in [1.165, 1.54) is 0 Å². The lowest BCUT2D eigenvalue weighted by molar-refractivity contribution is -0.117. The van der Waals surface area contributed by atoms with E-state index in [2.05, 4.69) is 22.5 Å². The van der Waals surface area contributed by atoms with Crippen molar-refractivity contribution in [2.75, 3.05) is 0 Å². The average Bonchev–Trinajstić information content (AvgIpc) is 2.64. The molecule has 0 aliphatic heterocycles. The standard InChI is InChI=1S/C13H16N2O/c1-3-13-14-11-6-4-5-7-12(11)15(13)9-8-10(2)16/h4-7H,3,8-9H2,1-2H3. The van der Waals surface area contributed by atoms with Gasteiger partial charge in [0.1, 0.15) is 11.6 Å². The molecule has 0 bridgehead atoms. The maximum atomic E-state index is 11.0. The van der Waals surface area contributed by atoms with E-state index in [9.17, 15) is 4.79 Å². The second-order valence-electron chi connectivity index (χ2n) is 3.97. The molecule has 1 aromatic carbocycles. The molecule has 1 heterocycles. The number of aromatic nitrogens is 2. The first kappa shape index (κ1) is 10.9. The zero-order chi connectivity index (χ0) is 11.5. The Bertz CT molecular complexity index is 514. The second kappa shape index (κ2) is 4.47. The first-order chi connectivity index (χ1) is 7.72. The minimum atomic E-state index is 0.222. The number of Topliss-reactive ketones (excluding diaryl/α,β-unsaturated/α-hetero) is 1. The summed E-state index contributed by atoms with van der Waals surface area (Å²) in [6, 6.07) is 8.07. The first-order valence-corrected chi connectivity index (χ1v) is 5.66. The lowest BCUT2D eigenvalue weighted by atomic mass is 10.3. The summed E-state index contributed by atoms with van der Waals surface area (Å²) in [6.45, 7) is 4.45. The van der Waals surface area contributed by atoms with Crippen LogP contribution in [0.3, 0.4) is 0 Å². The fraction of sp³-hybridized carbons (Fsp3) is 0.385. The number of ketones is 1. The lowest BCUT2D eigenvalue weighted by Gasteiger charge is -2.06. The molecule has 2 rings (SSSR count). The highest BCUT2D eigenvalue weighted by atomic mass is 16.1. The van der Waals surface area contributed by atoms with E-state index in [0.29, 0.717) is 6.42 Å². The van der Waals surface area contributed by atoms with E-state index in [4.69, 9.17) is 0 Å². The topological polar surface area (TPSA) is 34.9 Å². The Kier molecular flexibility index (Phi) is 3.04.